The van der Waals surface area contributed by atoms with Crippen LogP contribution in [0.4, 0.5) is 0 Å². The first-order chi connectivity index (χ1) is 10.1. The molecule has 0 aliphatic carbocycles. The predicted molar refractivity (Wildman–Crippen MR) is 78.1 cm³/mol. The molecule has 1 rings (SSSR count). The molecule has 0 aromatic rings. The lowest BCUT2D eigenvalue weighted by Gasteiger charge is -2.32. The van der Waals surface area contributed by atoms with Gasteiger partial charge in [-0.05, 0) is 12.8 Å². The second-order valence-electron chi connectivity index (χ2n) is 5.49. The van der Waals surface area contributed by atoms with Gasteiger partial charge in [0.25, 0.3) is 0 Å². The van der Waals surface area contributed by atoms with E-state index in [0.29, 0.717) is 13.2 Å². The van der Waals surface area contributed by atoms with Crippen LogP contribution in [-0.2, 0) is 18.9 Å². The summed E-state index contributed by atoms with van der Waals surface area (Å²) in [4.78, 5) is 0. The van der Waals surface area contributed by atoms with Gasteiger partial charge < -0.3 is 29.2 Å². The smallest absolute Gasteiger partial charge is 0.186 e. The number of hydrogen-bond acceptors (Lipinski definition) is 6. The lowest BCUT2D eigenvalue weighted by Crippen LogP contribution is -2.51. The van der Waals surface area contributed by atoms with Gasteiger partial charge >= 0.3 is 0 Å². The SMILES string of the molecule is CCCCOC[C@@]1(CO)OC(OC)[C@H](O)[C@@H]1OCCCC. The van der Waals surface area contributed by atoms with Crippen molar-refractivity contribution in [1.82, 2.24) is 0 Å². The fourth-order valence-corrected chi connectivity index (χ4v) is 2.40. The topological polar surface area (TPSA) is 77.4 Å². The van der Waals surface area contributed by atoms with E-state index >= 15 is 0 Å². The van der Waals surface area contributed by atoms with Crippen molar-refractivity contribution in [3.63, 3.8) is 0 Å². The van der Waals surface area contributed by atoms with E-state index in [1.807, 2.05) is 0 Å². The maximum absolute atomic E-state index is 10.3. The molecule has 4 atom stereocenters. The van der Waals surface area contributed by atoms with E-state index in [1.165, 1.54) is 7.11 Å². The molecule has 1 aliphatic rings. The first-order valence-corrected chi connectivity index (χ1v) is 7.84. The van der Waals surface area contributed by atoms with Crippen LogP contribution in [0, 0.1) is 0 Å². The monoisotopic (exact) mass is 306 g/mol. The molecular formula is C15H30O6. The van der Waals surface area contributed by atoms with E-state index in [-0.39, 0.29) is 13.2 Å². The summed E-state index contributed by atoms with van der Waals surface area (Å²) in [5.41, 5.74) is -1.07. The molecular weight excluding hydrogens is 276 g/mol. The van der Waals surface area contributed by atoms with Crippen LogP contribution in [0.3, 0.4) is 0 Å². The summed E-state index contributed by atoms with van der Waals surface area (Å²) in [6.07, 6.45) is 1.47. The van der Waals surface area contributed by atoms with Crippen molar-refractivity contribution in [2.45, 2.75) is 63.6 Å². The van der Waals surface area contributed by atoms with E-state index in [2.05, 4.69) is 13.8 Å². The third-order valence-corrected chi connectivity index (χ3v) is 3.74. The molecule has 0 saturated carbocycles. The standard InChI is InChI=1S/C15H30O6/c1-4-6-8-19-11-15(10-16)13(20-9-7-5-2)12(17)14(18-3)21-15/h12-14,16-17H,4-11H2,1-3H3/t12-,13+,14?,15-/m1/s1. The fourth-order valence-electron chi connectivity index (χ4n) is 2.40. The maximum atomic E-state index is 10.3. The van der Waals surface area contributed by atoms with E-state index in [1.54, 1.807) is 0 Å². The third kappa shape index (κ3) is 4.87. The highest BCUT2D eigenvalue weighted by Crippen LogP contribution is 2.34. The molecule has 2 N–H and O–H groups in total. The Morgan fingerprint density at radius 1 is 1.14 bits per heavy atom. The van der Waals surface area contributed by atoms with Crippen LogP contribution < -0.4 is 0 Å². The summed E-state index contributed by atoms with van der Waals surface area (Å²) in [5.74, 6) is 0. The number of aliphatic hydroxyl groups is 2. The first kappa shape index (κ1) is 18.8. The summed E-state index contributed by atoms with van der Waals surface area (Å²) < 4.78 is 22.2. The molecule has 0 radical (unpaired) electrons. The van der Waals surface area contributed by atoms with Crippen LogP contribution in [0.15, 0.2) is 0 Å². The van der Waals surface area contributed by atoms with Crippen LogP contribution >= 0.6 is 0 Å². The van der Waals surface area contributed by atoms with Gasteiger partial charge in [-0.15, -0.1) is 0 Å². The molecule has 0 aromatic heterocycles. The average Bonchev–Trinajstić information content (AvgIpc) is 2.77. The summed E-state index contributed by atoms with van der Waals surface area (Å²) >= 11 is 0. The third-order valence-electron chi connectivity index (χ3n) is 3.74. The average molecular weight is 306 g/mol. The molecule has 1 aliphatic heterocycles. The molecule has 6 heteroatoms. The highest BCUT2D eigenvalue weighted by atomic mass is 16.7. The van der Waals surface area contributed by atoms with Gasteiger partial charge in [-0.2, -0.15) is 0 Å². The number of rotatable bonds is 11. The summed E-state index contributed by atoms with van der Waals surface area (Å²) in [6.45, 7) is 5.14. The molecule has 1 saturated heterocycles. The molecule has 0 amide bonds. The number of unbranched alkanes of at least 4 members (excludes halogenated alkanes) is 2. The summed E-state index contributed by atoms with van der Waals surface area (Å²) in [6, 6.07) is 0. The van der Waals surface area contributed by atoms with E-state index in [9.17, 15) is 10.2 Å². The molecule has 126 valence electrons. The van der Waals surface area contributed by atoms with Gasteiger partial charge in [0.05, 0.1) is 13.2 Å². The van der Waals surface area contributed by atoms with Crippen molar-refractivity contribution >= 4 is 0 Å². The second kappa shape index (κ2) is 9.71. The Labute approximate surface area is 127 Å². The Balaban J connectivity index is 2.69. The Morgan fingerprint density at radius 2 is 1.81 bits per heavy atom. The number of ether oxygens (including phenoxy) is 4. The number of aliphatic hydroxyl groups excluding tert-OH is 2. The van der Waals surface area contributed by atoms with Crippen molar-refractivity contribution in [2.24, 2.45) is 0 Å². The van der Waals surface area contributed by atoms with Crippen LogP contribution in [0.2, 0.25) is 0 Å². The van der Waals surface area contributed by atoms with Gasteiger partial charge in [0.1, 0.15) is 17.8 Å². The molecule has 0 bridgehead atoms. The Morgan fingerprint density at radius 3 is 2.38 bits per heavy atom. The number of methoxy groups -OCH3 is 1. The van der Waals surface area contributed by atoms with Crippen LogP contribution in [0.5, 0.6) is 0 Å². The van der Waals surface area contributed by atoms with Gasteiger partial charge in [-0.1, -0.05) is 26.7 Å². The van der Waals surface area contributed by atoms with Gasteiger partial charge in [0.15, 0.2) is 6.29 Å². The highest BCUT2D eigenvalue weighted by molar-refractivity contribution is 5.01. The van der Waals surface area contributed by atoms with E-state index in [4.69, 9.17) is 18.9 Å². The van der Waals surface area contributed by atoms with Crippen molar-refractivity contribution < 1.29 is 29.2 Å². The Kier molecular flexibility index (Phi) is 8.70. The Hall–Kier alpha value is -0.240. The zero-order valence-corrected chi connectivity index (χ0v) is 13.4. The van der Waals surface area contributed by atoms with Gasteiger partial charge in [-0.3, -0.25) is 0 Å². The minimum atomic E-state index is -1.07. The van der Waals surface area contributed by atoms with Crippen molar-refractivity contribution in [2.75, 3.05) is 33.5 Å². The predicted octanol–water partition coefficient (Wildman–Crippen LogP) is 1.08. The van der Waals surface area contributed by atoms with E-state index in [0.717, 1.165) is 25.7 Å². The van der Waals surface area contributed by atoms with Gasteiger partial charge in [0.2, 0.25) is 0 Å². The van der Waals surface area contributed by atoms with Crippen molar-refractivity contribution in [3.05, 3.63) is 0 Å². The summed E-state index contributed by atoms with van der Waals surface area (Å²) in [7, 11) is 1.46. The van der Waals surface area contributed by atoms with Crippen LogP contribution in [0.1, 0.15) is 39.5 Å². The summed E-state index contributed by atoms with van der Waals surface area (Å²) in [5, 5.41) is 20.1. The zero-order chi connectivity index (χ0) is 15.7. The van der Waals surface area contributed by atoms with Gasteiger partial charge in [0, 0.05) is 20.3 Å². The van der Waals surface area contributed by atoms with Crippen LogP contribution in [0.25, 0.3) is 0 Å². The highest BCUT2D eigenvalue weighted by Gasteiger charge is 2.56. The van der Waals surface area contributed by atoms with Crippen molar-refractivity contribution in [1.29, 1.82) is 0 Å². The second-order valence-corrected chi connectivity index (χ2v) is 5.49. The zero-order valence-electron chi connectivity index (χ0n) is 13.4. The number of hydrogen-bond donors (Lipinski definition) is 2. The Bertz CT molecular complexity index is 275. The quantitative estimate of drug-likeness (QED) is 0.556. The lowest BCUT2D eigenvalue weighted by molar-refractivity contribution is -0.207. The molecule has 1 fully saturated rings. The normalized spacial score (nSPS) is 32.7. The lowest BCUT2D eigenvalue weighted by atomic mass is 9.97. The van der Waals surface area contributed by atoms with Crippen LogP contribution in [-0.4, -0.2) is 67.8 Å². The molecule has 1 unspecified atom stereocenters. The minimum Gasteiger partial charge on any atom is -0.393 e. The maximum Gasteiger partial charge on any atom is 0.186 e. The fraction of sp³-hybridized carbons (Fsp3) is 1.00. The molecule has 6 nitrogen and oxygen atoms in total. The molecule has 21 heavy (non-hydrogen) atoms. The molecule has 0 spiro atoms. The van der Waals surface area contributed by atoms with E-state index < -0.39 is 24.1 Å². The van der Waals surface area contributed by atoms with Crippen molar-refractivity contribution in [3.8, 4) is 0 Å². The minimum absolute atomic E-state index is 0.178. The van der Waals surface area contributed by atoms with Gasteiger partial charge in [-0.25, -0.2) is 0 Å². The largest absolute Gasteiger partial charge is 0.393 e. The molecule has 1 heterocycles. The molecule has 0 aromatic carbocycles. The first-order valence-electron chi connectivity index (χ1n) is 7.84.